The lowest BCUT2D eigenvalue weighted by molar-refractivity contribution is -0.137. The summed E-state index contributed by atoms with van der Waals surface area (Å²) in [7, 11) is 2.87. The van der Waals surface area contributed by atoms with Gasteiger partial charge in [0.2, 0.25) is 11.9 Å². The summed E-state index contributed by atoms with van der Waals surface area (Å²) in [4.78, 5) is 36.3. The minimum atomic E-state index is -1.08. The van der Waals surface area contributed by atoms with Gasteiger partial charge in [-0.1, -0.05) is 12.1 Å². The van der Waals surface area contributed by atoms with Crippen molar-refractivity contribution in [3.63, 3.8) is 0 Å². The molecule has 0 aliphatic heterocycles. The second-order valence-electron chi connectivity index (χ2n) is 6.78. The lowest BCUT2D eigenvalue weighted by atomic mass is 10.1. The number of aromatic nitrogens is 6. The number of ether oxygens (including phenoxy) is 4. The molecule has 3 aromatic rings. The molecule has 0 saturated heterocycles. The van der Waals surface area contributed by atoms with E-state index in [1.54, 1.807) is 38.1 Å². The number of nitrogens with one attached hydrogen (secondary N) is 2. The smallest absolute Gasteiger partial charge is 0.326 e. The van der Waals surface area contributed by atoms with Crippen molar-refractivity contribution in [1.82, 2.24) is 29.9 Å². The van der Waals surface area contributed by atoms with E-state index < -0.39 is 12.0 Å². The van der Waals surface area contributed by atoms with E-state index in [1.165, 1.54) is 14.2 Å². The summed E-state index contributed by atoms with van der Waals surface area (Å²) < 4.78 is 20.7. The van der Waals surface area contributed by atoms with Crippen molar-refractivity contribution in [1.29, 1.82) is 0 Å². The topological polar surface area (TPSA) is 176 Å². The fourth-order valence-corrected chi connectivity index (χ4v) is 2.81. The third-order valence-electron chi connectivity index (χ3n) is 4.35. The van der Waals surface area contributed by atoms with Crippen LogP contribution in [-0.4, -0.2) is 74.5 Å². The van der Waals surface area contributed by atoms with Gasteiger partial charge in [-0.15, -0.1) is 9.97 Å². The molecule has 0 saturated carbocycles. The first-order valence-electron chi connectivity index (χ1n) is 10.6. The van der Waals surface area contributed by atoms with Crippen LogP contribution in [0, 0.1) is 0 Å². The molecule has 0 amide bonds. The first-order chi connectivity index (χ1) is 16.9. The van der Waals surface area contributed by atoms with Crippen LogP contribution in [0.15, 0.2) is 24.3 Å². The van der Waals surface area contributed by atoms with Gasteiger partial charge in [-0.05, 0) is 31.5 Å². The number of nitrogens with zero attached hydrogens (tertiary/aromatic N) is 6. The molecule has 2 aromatic heterocycles. The summed E-state index contributed by atoms with van der Waals surface area (Å²) in [5.74, 6) is -0.806. The van der Waals surface area contributed by atoms with Crippen molar-refractivity contribution >= 4 is 23.6 Å². The average molecular weight is 486 g/mol. The van der Waals surface area contributed by atoms with Crippen LogP contribution in [0.3, 0.4) is 0 Å². The van der Waals surface area contributed by atoms with Gasteiger partial charge in [-0.25, -0.2) is 4.79 Å². The summed E-state index contributed by atoms with van der Waals surface area (Å²) in [6.45, 7) is 4.23. The first-order valence-corrected chi connectivity index (χ1v) is 10.6. The van der Waals surface area contributed by atoms with Crippen molar-refractivity contribution in [3.8, 4) is 24.0 Å². The molecule has 2 heterocycles. The molecule has 35 heavy (non-hydrogen) atoms. The highest BCUT2D eigenvalue weighted by molar-refractivity contribution is 5.77. The van der Waals surface area contributed by atoms with Crippen molar-refractivity contribution in [2.45, 2.75) is 26.3 Å². The Morgan fingerprint density at radius 1 is 0.829 bits per heavy atom. The van der Waals surface area contributed by atoms with E-state index in [9.17, 15) is 9.90 Å². The molecular formula is C21H26N8O6. The summed E-state index contributed by atoms with van der Waals surface area (Å²) >= 11 is 0. The van der Waals surface area contributed by atoms with Gasteiger partial charge >= 0.3 is 30.0 Å². The van der Waals surface area contributed by atoms with Gasteiger partial charge in [0.15, 0.2) is 0 Å². The van der Waals surface area contributed by atoms with Gasteiger partial charge in [0, 0.05) is 12.1 Å². The standard InChI is InChI=1S/C21H26N8O6/c1-5-34-20-26-17(27-21(29-20)35-6-2)23-14(15(30)31)11-12-7-9-13(10-8-12)22-16-24-18(32-3)28-19(25-16)33-4/h7-10,14H,5-6,11H2,1-4H3,(H,30,31)(H,22,24,25,28)(H,23,26,27,29)/t14-/m0/s1. The number of hydrogen-bond acceptors (Lipinski definition) is 13. The highest BCUT2D eigenvalue weighted by Gasteiger charge is 2.21. The van der Waals surface area contributed by atoms with Gasteiger partial charge in [0.05, 0.1) is 27.4 Å². The monoisotopic (exact) mass is 486 g/mol. The Hall–Kier alpha value is -4.49. The van der Waals surface area contributed by atoms with Crippen LogP contribution >= 0.6 is 0 Å². The zero-order chi connectivity index (χ0) is 25.2. The summed E-state index contributed by atoms with van der Waals surface area (Å²) in [5, 5.41) is 15.6. The predicted molar refractivity (Wildman–Crippen MR) is 124 cm³/mol. The van der Waals surface area contributed by atoms with E-state index in [2.05, 4.69) is 40.5 Å². The Kier molecular flexibility index (Phi) is 8.70. The van der Waals surface area contributed by atoms with E-state index >= 15 is 0 Å². The molecule has 0 bridgehead atoms. The Morgan fingerprint density at radius 2 is 1.34 bits per heavy atom. The lowest BCUT2D eigenvalue weighted by Gasteiger charge is -2.16. The van der Waals surface area contributed by atoms with Crippen LogP contribution in [0.1, 0.15) is 19.4 Å². The van der Waals surface area contributed by atoms with E-state index in [-0.39, 0.29) is 42.4 Å². The largest absolute Gasteiger partial charge is 0.480 e. The third-order valence-corrected chi connectivity index (χ3v) is 4.35. The Labute approximate surface area is 201 Å². The number of carboxylic acid groups (broad SMARTS) is 1. The van der Waals surface area contributed by atoms with Gasteiger partial charge in [0.1, 0.15) is 6.04 Å². The molecule has 0 spiro atoms. The fraction of sp³-hybridized carbons (Fsp3) is 0.381. The Morgan fingerprint density at radius 3 is 1.83 bits per heavy atom. The van der Waals surface area contributed by atoms with Gasteiger partial charge in [0.25, 0.3) is 0 Å². The number of methoxy groups -OCH3 is 2. The van der Waals surface area contributed by atoms with Gasteiger partial charge in [-0.3, -0.25) is 0 Å². The molecule has 3 N–H and O–H groups in total. The van der Waals surface area contributed by atoms with Crippen molar-refractivity contribution in [2.75, 3.05) is 38.1 Å². The summed E-state index contributed by atoms with van der Waals surface area (Å²) in [6.07, 6.45) is 0.155. The Bertz CT molecular complexity index is 1080. The van der Waals surface area contributed by atoms with Gasteiger partial charge in [-0.2, -0.15) is 19.9 Å². The maximum Gasteiger partial charge on any atom is 0.326 e. The number of benzene rings is 1. The molecule has 186 valence electrons. The quantitative estimate of drug-likeness (QED) is 0.318. The van der Waals surface area contributed by atoms with Crippen molar-refractivity contribution in [2.24, 2.45) is 0 Å². The second kappa shape index (κ2) is 12.1. The molecule has 14 nitrogen and oxygen atoms in total. The molecular weight excluding hydrogens is 460 g/mol. The van der Waals surface area contributed by atoms with E-state index in [1.807, 2.05) is 0 Å². The SMILES string of the molecule is CCOc1nc(N[C@@H](Cc2ccc(Nc3nc(OC)nc(OC)n3)cc2)C(=O)O)nc(OCC)n1. The average Bonchev–Trinajstić information content (AvgIpc) is 2.84. The number of rotatable bonds is 13. The van der Waals surface area contributed by atoms with Crippen molar-refractivity contribution < 1.29 is 28.8 Å². The van der Waals surface area contributed by atoms with Gasteiger partial charge < -0.3 is 34.7 Å². The molecule has 0 fully saturated rings. The molecule has 1 aromatic carbocycles. The zero-order valence-electron chi connectivity index (χ0n) is 19.7. The Balaban J connectivity index is 1.72. The van der Waals surface area contributed by atoms with Crippen molar-refractivity contribution in [3.05, 3.63) is 29.8 Å². The fourth-order valence-electron chi connectivity index (χ4n) is 2.81. The molecule has 1 atom stereocenters. The van der Waals surface area contributed by atoms with Crippen LogP contribution in [0.2, 0.25) is 0 Å². The molecule has 3 rings (SSSR count). The maximum absolute atomic E-state index is 11.9. The highest BCUT2D eigenvalue weighted by Crippen LogP contribution is 2.19. The molecule has 0 unspecified atom stereocenters. The van der Waals surface area contributed by atoms with Crippen LogP contribution in [0.4, 0.5) is 17.6 Å². The minimum Gasteiger partial charge on any atom is -0.480 e. The van der Waals surface area contributed by atoms with Crippen LogP contribution < -0.4 is 29.6 Å². The summed E-state index contributed by atoms with van der Waals surface area (Å²) in [5.41, 5.74) is 1.43. The molecule has 0 aliphatic rings. The number of carboxylic acids is 1. The second-order valence-corrected chi connectivity index (χ2v) is 6.78. The van der Waals surface area contributed by atoms with Crippen LogP contribution in [-0.2, 0) is 11.2 Å². The van der Waals surface area contributed by atoms with Crippen LogP contribution in [0.25, 0.3) is 0 Å². The van der Waals surface area contributed by atoms with E-state index in [0.717, 1.165) is 5.56 Å². The normalized spacial score (nSPS) is 11.3. The number of hydrogen-bond donors (Lipinski definition) is 3. The molecule has 0 aliphatic carbocycles. The lowest BCUT2D eigenvalue weighted by Crippen LogP contribution is -2.32. The zero-order valence-corrected chi connectivity index (χ0v) is 19.7. The predicted octanol–water partition coefficient (Wildman–Crippen LogP) is 1.72. The number of anilines is 3. The summed E-state index contributed by atoms with van der Waals surface area (Å²) in [6, 6.07) is 6.35. The third kappa shape index (κ3) is 7.25. The molecule has 0 radical (unpaired) electrons. The molecule has 14 heteroatoms. The first kappa shape index (κ1) is 25.1. The minimum absolute atomic E-state index is 0.0373. The van der Waals surface area contributed by atoms with E-state index in [4.69, 9.17) is 18.9 Å². The number of aliphatic carboxylic acids is 1. The highest BCUT2D eigenvalue weighted by atomic mass is 16.5. The number of carbonyl (C=O) groups is 1. The van der Waals surface area contributed by atoms with Crippen LogP contribution in [0.5, 0.6) is 24.0 Å². The van der Waals surface area contributed by atoms with E-state index in [0.29, 0.717) is 18.9 Å². The maximum atomic E-state index is 11.9.